The van der Waals surface area contributed by atoms with E-state index in [9.17, 15) is 4.79 Å². The number of amides is 1. The number of nitrogens with zero attached hydrogens (tertiary/aromatic N) is 3. The van der Waals surface area contributed by atoms with E-state index in [2.05, 4.69) is 25.5 Å². The van der Waals surface area contributed by atoms with Gasteiger partial charge in [-0.3, -0.25) is 4.79 Å². The van der Waals surface area contributed by atoms with Crippen molar-refractivity contribution in [1.82, 2.24) is 14.9 Å². The van der Waals surface area contributed by atoms with Crippen LogP contribution in [0.1, 0.15) is 24.3 Å². The zero-order valence-corrected chi connectivity index (χ0v) is 15.1. The first-order chi connectivity index (χ1) is 11.9. The highest BCUT2D eigenvalue weighted by Gasteiger charge is 2.09. The number of aromatic nitrogens is 2. The molecule has 0 aliphatic heterocycles. The van der Waals surface area contributed by atoms with Crippen LogP contribution < -0.4 is 15.4 Å². The number of rotatable bonds is 8. The molecule has 0 unspecified atom stereocenters. The summed E-state index contributed by atoms with van der Waals surface area (Å²) in [5.74, 6) is 1.11. The van der Waals surface area contributed by atoms with Gasteiger partial charge in [0.1, 0.15) is 17.3 Å². The first-order valence-corrected chi connectivity index (χ1v) is 8.23. The molecule has 0 saturated carbocycles. The molecule has 0 bridgehead atoms. The maximum atomic E-state index is 12.2. The number of ether oxygens (including phenoxy) is 1. The average Bonchev–Trinajstić information content (AvgIpc) is 2.56. The van der Waals surface area contributed by atoms with Crippen molar-refractivity contribution < 1.29 is 9.53 Å². The number of hydrogen-bond donors (Lipinski definition) is 2. The van der Waals surface area contributed by atoms with E-state index in [1.54, 1.807) is 18.3 Å². The van der Waals surface area contributed by atoms with Gasteiger partial charge in [-0.2, -0.15) is 0 Å². The summed E-state index contributed by atoms with van der Waals surface area (Å²) in [4.78, 5) is 22.7. The minimum absolute atomic E-state index is 0.112. The van der Waals surface area contributed by atoms with Crippen molar-refractivity contribution in [1.29, 1.82) is 0 Å². The highest BCUT2D eigenvalue weighted by molar-refractivity contribution is 6.02. The molecule has 7 nitrogen and oxygen atoms in total. The van der Waals surface area contributed by atoms with Crippen molar-refractivity contribution in [3.8, 4) is 5.75 Å². The van der Waals surface area contributed by atoms with Crippen molar-refractivity contribution >= 4 is 17.4 Å². The van der Waals surface area contributed by atoms with E-state index < -0.39 is 0 Å². The maximum absolute atomic E-state index is 12.2. The molecule has 0 radical (unpaired) electrons. The summed E-state index contributed by atoms with van der Waals surface area (Å²) < 4.78 is 5.57. The van der Waals surface area contributed by atoms with Gasteiger partial charge in [0.2, 0.25) is 0 Å². The van der Waals surface area contributed by atoms with Crippen LogP contribution in [0.3, 0.4) is 0 Å². The quantitative estimate of drug-likeness (QED) is 0.767. The van der Waals surface area contributed by atoms with Gasteiger partial charge in [-0.25, -0.2) is 9.97 Å². The summed E-state index contributed by atoms with van der Waals surface area (Å²) in [5, 5.41) is 5.94. The van der Waals surface area contributed by atoms with Crippen molar-refractivity contribution in [2.45, 2.75) is 20.0 Å². The molecule has 1 aromatic heterocycles. The number of likely N-dealkylation sites (N-methyl/N-ethyl adjacent to an activating group) is 1. The van der Waals surface area contributed by atoms with Gasteiger partial charge in [0.05, 0.1) is 18.5 Å². The van der Waals surface area contributed by atoms with Crippen LogP contribution in [-0.2, 0) is 0 Å². The lowest BCUT2D eigenvalue weighted by Gasteiger charge is -2.11. The molecule has 0 saturated heterocycles. The minimum Gasteiger partial charge on any atom is -0.491 e. The summed E-state index contributed by atoms with van der Waals surface area (Å²) in [6, 6.07) is 7.22. The predicted octanol–water partition coefficient (Wildman–Crippen LogP) is 2.49. The average molecular weight is 343 g/mol. The Morgan fingerprint density at radius 1 is 1.16 bits per heavy atom. The van der Waals surface area contributed by atoms with Crippen LogP contribution in [0.25, 0.3) is 0 Å². The number of carbonyl (C=O) groups is 1. The van der Waals surface area contributed by atoms with Gasteiger partial charge in [0.15, 0.2) is 0 Å². The molecule has 0 aliphatic rings. The fraction of sp³-hybridized carbons (Fsp3) is 0.389. The van der Waals surface area contributed by atoms with Crippen LogP contribution in [0.15, 0.2) is 36.7 Å². The lowest BCUT2D eigenvalue weighted by Crippen LogP contribution is -2.21. The smallest absolute Gasteiger partial charge is 0.275 e. The molecule has 0 spiro atoms. The zero-order chi connectivity index (χ0) is 18.2. The predicted molar refractivity (Wildman–Crippen MR) is 99.2 cm³/mol. The topological polar surface area (TPSA) is 79.4 Å². The first kappa shape index (κ1) is 18.7. The largest absolute Gasteiger partial charge is 0.491 e. The SMILES string of the molecule is CC(C)Oc1ccc(NC(=O)c2cnc(NCCN(C)C)cn2)cc1. The van der Waals surface area contributed by atoms with Crippen LogP contribution in [0.5, 0.6) is 5.75 Å². The minimum atomic E-state index is -0.301. The number of nitrogens with one attached hydrogen (secondary N) is 2. The monoisotopic (exact) mass is 343 g/mol. The Morgan fingerprint density at radius 2 is 1.88 bits per heavy atom. The van der Waals surface area contributed by atoms with Crippen molar-refractivity contribution in [2.75, 3.05) is 37.8 Å². The van der Waals surface area contributed by atoms with Crippen molar-refractivity contribution in [3.63, 3.8) is 0 Å². The molecule has 1 amide bonds. The Morgan fingerprint density at radius 3 is 2.44 bits per heavy atom. The van der Waals surface area contributed by atoms with E-state index >= 15 is 0 Å². The number of hydrogen-bond acceptors (Lipinski definition) is 6. The summed E-state index contributed by atoms with van der Waals surface area (Å²) in [7, 11) is 4.00. The summed E-state index contributed by atoms with van der Waals surface area (Å²) >= 11 is 0. The van der Waals surface area contributed by atoms with Gasteiger partial charge in [-0.15, -0.1) is 0 Å². The molecule has 134 valence electrons. The van der Waals surface area contributed by atoms with Gasteiger partial charge >= 0.3 is 0 Å². The Kier molecular flexibility index (Phi) is 6.71. The zero-order valence-electron chi connectivity index (χ0n) is 15.1. The number of carbonyl (C=O) groups excluding carboxylic acids is 1. The van der Waals surface area contributed by atoms with E-state index in [1.165, 1.54) is 6.20 Å². The van der Waals surface area contributed by atoms with Crippen LogP contribution in [-0.4, -0.2) is 54.1 Å². The van der Waals surface area contributed by atoms with Gasteiger partial charge < -0.3 is 20.3 Å². The Bertz CT molecular complexity index is 669. The fourth-order valence-electron chi connectivity index (χ4n) is 2.03. The number of anilines is 2. The maximum Gasteiger partial charge on any atom is 0.275 e. The molecule has 2 N–H and O–H groups in total. The molecule has 1 aromatic carbocycles. The van der Waals surface area contributed by atoms with Crippen molar-refractivity contribution in [3.05, 3.63) is 42.4 Å². The highest BCUT2D eigenvalue weighted by Crippen LogP contribution is 2.17. The second kappa shape index (κ2) is 8.98. The molecule has 2 rings (SSSR count). The van der Waals surface area contributed by atoms with Crippen LogP contribution >= 0.6 is 0 Å². The summed E-state index contributed by atoms with van der Waals surface area (Å²) in [5.41, 5.74) is 0.941. The third-order valence-corrected chi connectivity index (χ3v) is 3.23. The molecule has 0 atom stereocenters. The number of benzene rings is 1. The van der Waals surface area contributed by atoms with E-state index in [-0.39, 0.29) is 17.7 Å². The van der Waals surface area contributed by atoms with E-state index in [1.807, 2.05) is 40.1 Å². The van der Waals surface area contributed by atoms with Gasteiger partial charge in [-0.05, 0) is 52.2 Å². The summed E-state index contributed by atoms with van der Waals surface area (Å²) in [6.07, 6.45) is 3.13. The lowest BCUT2D eigenvalue weighted by atomic mass is 10.3. The first-order valence-electron chi connectivity index (χ1n) is 8.23. The molecule has 0 fully saturated rings. The molecule has 0 aliphatic carbocycles. The molecule has 1 heterocycles. The Labute approximate surface area is 148 Å². The van der Waals surface area contributed by atoms with Crippen molar-refractivity contribution in [2.24, 2.45) is 0 Å². The van der Waals surface area contributed by atoms with Crippen LogP contribution in [0.2, 0.25) is 0 Å². The highest BCUT2D eigenvalue weighted by atomic mass is 16.5. The molecule has 7 heteroatoms. The lowest BCUT2D eigenvalue weighted by molar-refractivity contribution is 0.102. The third-order valence-electron chi connectivity index (χ3n) is 3.23. The standard InChI is InChI=1S/C18H25N5O2/c1-13(2)25-15-7-5-14(6-8-15)22-18(24)16-11-21-17(12-20-16)19-9-10-23(3)4/h5-8,11-13H,9-10H2,1-4H3,(H,19,21)(H,22,24). The normalized spacial score (nSPS) is 10.8. The van der Waals surface area contributed by atoms with Crippen LogP contribution in [0, 0.1) is 0 Å². The Balaban J connectivity index is 1.89. The van der Waals surface area contributed by atoms with E-state index in [0.717, 1.165) is 18.8 Å². The van der Waals surface area contributed by atoms with Gasteiger partial charge in [0, 0.05) is 18.8 Å². The molecule has 25 heavy (non-hydrogen) atoms. The Hall–Kier alpha value is -2.67. The molecular weight excluding hydrogens is 318 g/mol. The summed E-state index contributed by atoms with van der Waals surface area (Å²) in [6.45, 7) is 5.58. The van der Waals surface area contributed by atoms with E-state index in [4.69, 9.17) is 4.74 Å². The van der Waals surface area contributed by atoms with Gasteiger partial charge in [0.25, 0.3) is 5.91 Å². The molecule has 2 aromatic rings. The fourth-order valence-corrected chi connectivity index (χ4v) is 2.03. The second-order valence-electron chi connectivity index (χ2n) is 6.16. The molecular formula is C18H25N5O2. The van der Waals surface area contributed by atoms with Gasteiger partial charge in [-0.1, -0.05) is 0 Å². The van der Waals surface area contributed by atoms with E-state index in [0.29, 0.717) is 11.5 Å². The second-order valence-corrected chi connectivity index (χ2v) is 6.16. The third kappa shape index (κ3) is 6.39. The van der Waals surface area contributed by atoms with Crippen LogP contribution in [0.4, 0.5) is 11.5 Å².